The fourth-order valence-electron chi connectivity index (χ4n) is 5.72. The van der Waals surface area contributed by atoms with Gasteiger partial charge in [-0.1, -0.05) is 20.4 Å². The molecule has 2 aliphatic heterocycles. The lowest BCUT2D eigenvalue weighted by Crippen LogP contribution is -2.56. The van der Waals surface area contributed by atoms with E-state index in [1.54, 1.807) is 6.33 Å². The fraction of sp³-hybridized carbons (Fsp3) is 0.364. The van der Waals surface area contributed by atoms with Crippen LogP contribution >= 0.6 is 0 Å². The zero-order valence-corrected chi connectivity index (χ0v) is 25.1. The number of ether oxygens (including phenoxy) is 2. The fourth-order valence-corrected chi connectivity index (χ4v) is 5.72. The van der Waals surface area contributed by atoms with E-state index in [2.05, 4.69) is 75.7 Å². The van der Waals surface area contributed by atoms with Crippen LogP contribution in [0.3, 0.4) is 0 Å². The van der Waals surface area contributed by atoms with E-state index < -0.39 is 0 Å². The van der Waals surface area contributed by atoms with Crippen LogP contribution in [-0.4, -0.2) is 66.2 Å². The summed E-state index contributed by atoms with van der Waals surface area (Å²) in [4.78, 5) is 20.8. The summed E-state index contributed by atoms with van der Waals surface area (Å²) >= 11 is 0. The summed E-state index contributed by atoms with van der Waals surface area (Å²) in [6.45, 7) is 13.9. The number of piperazine rings is 1. The summed E-state index contributed by atoms with van der Waals surface area (Å²) in [5, 5.41) is 3.47. The molecule has 42 heavy (non-hydrogen) atoms. The molecule has 0 aliphatic carbocycles. The molecule has 218 valence electrons. The maximum atomic E-state index is 6.38. The second-order valence-electron chi connectivity index (χ2n) is 11.4. The highest BCUT2D eigenvalue weighted by atomic mass is 16.5. The van der Waals surface area contributed by atoms with E-state index in [0.29, 0.717) is 18.3 Å². The Kier molecular flexibility index (Phi) is 7.60. The SMILES string of the molecule is C=CN(C)c1ccc(Oc2ccc(Nc3ncnc4cc5c(nc34)N3CCN(C)CC3CO5)cc2C)cc1C(C)CC. The van der Waals surface area contributed by atoms with Gasteiger partial charge in [-0.2, -0.15) is 0 Å². The number of likely N-dealkylation sites (N-methyl/N-ethyl adjacent to an activating group) is 1. The van der Waals surface area contributed by atoms with Crippen LogP contribution in [0.5, 0.6) is 17.2 Å². The van der Waals surface area contributed by atoms with E-state index in [4.69, 9.17) is 14.5 Å². The van der Waals surface area contributed by atoms with Gasteiger partial charge in [0, 0.05) is 44.1 Å². The van der Waals surface area contributed by atoms with Crippen LogP contribution in [0.15, 0.2) is 61.6 Å². The number of rotatable bonds is 8. The highest BCUT2D eigenvalue weighted by molar-refractivity contribution is 5.90. The summed E-state index contributed by atoms with van der Waals surface area (Å²) < 4.78 is 12.5. The third-order valence-electron chi connectivity index (χ3n) is 8.41. The van der Waals surface area contributed by atoms with E-state index in [1.807, 2.05) is 44.4 Å². The Hall–Kier alpha value is -4.37. The number of hydrogen-bond donors (Lipinski definition) is 1. The number of benzene rings is 2. The third kappa shape index (κ3) is 5.32. The number of aryl methyl sites for hydroxylation is 1. The van der Waals surface area contributed by atoms with Gasteiger partial charge in [0.25, 0.3) is 0 Å². The molecule has 0 saturated carbocycles. The molecule has 4 aromatic rings. The number of anilines is 4. The Morgan fingerprint density at radius 3 is 2.83 bits per heavy atom. The first-order valence-corrected chi connectivity index (χ1v) is 14.6. The lowest BCUT2D eigenvalue weighted by Gasteiger charge is -2.43. The average molecular weight is 566 g/mol. The highest BCUT2D eigenvalue weighted by Crippen LogP contribution is 2.38. The maximum absolute atomic E-state index is 6.38. The van der Waals surface area contributed by atoms with Crippen LogP contribution in [0.2, 0.25) is 0 Å². The van der Waals surface area contributed by atoms with E-state index in [0.717, 1.165) is 77.1 Å². The van der Waals surface area contributed by atoms with Gasteiger partial charge in [-0.25, -0.2) is 15.0 Å². The molecule has 2 unspecified atom stereocenters. The topological polar surface area (TPSA) is 78.9 Å². The zero-order valence-electron chi connectivity index (χ0n) is 25.1. The monoisotopic (exact) mass is 565 g/mol. The van der Waals surface area contributed by atoms with Crippen molar-refractivity contribution in [2.75, 3.05) is 55.5 Å². The lowest BCUT2D eigenvalue weighted by molar-refractivity contribution is 0.187. The molecular formula is C33H39N7O2. The largest absolute Gasteiger partial charge is 0.487 e. The molecule has 2 atom stereocenters. The van der Waals surface area contributed by atoms with Crippen LogP contribution in [-0.2, 0) is 0 Å². The van der Waals surface area contributed by atoms with Gasteiger partial charge >= 0.3 is 0 Å². The van der Waals surface area contributed by atoms with E-state index in [-0.39, 0.29) is 6.04 Å². The van der Waals surface area contributed by atoms with Crippen molar-refractivity contribution >= 4 is 34.0 Å². The smallest absolute Gasteiger partial charge is 0.172 e. The van der Waals surface area contributed by atoms with E-state index in [1.165, 1.54) is 5.56 Å². The van der Waals surface area contributed by atoms with E-state index in [9.17, 15) is 0 Å². The molecule has 1 saturated heterocycles. The van der Waals surface area contributed by atoms with Crippen molar-refractivity contribution in [3.63, 3.8) is 0 Å². The highest BCUT2D eigenvalue weighted by Gasteiger charge is 2.33. The lowest BCUT2D eigenvalue weighted by atomic mass is 9.96. The Morgan fingerprint density at radius 1 is 1.19 bits per heavy atom. The van der Waals surface area contributed by atoms with Crippen LogP contribution in [0.4, 0.5) is 23.0 Å². The number of aromatic nitrogens is 3. The first-order chi connectivity index (χ1) is 20.3. The quantitative estimate of drug-likeness (QED) is 0.258. The predicted octanol–water partition coefficient (Wildman–Crippen LogP) is 6.48. The second kappa shape index (κ2) is 11.5. The first-order valence-electron chi connectivity index (χ1n) is 14.6. The molecule has 2 aromatic heterocycles. The van der Waals surface area contributed by atoms with Gasteiger partial charge in [0.15, 0.2) is 17.4 Å². The molecule has 2 aliphatic rings. The Morgan fingerprint density at radius 2 is 2.05 bits per heavy atom. The van der Waals surface area contributed by atoms with Crippen molar-refractivity contribution in [3.8, 4) is 17.2 Å². The zero-order chi connectivity index (χ0) is 29.4. The van der Waals surface area contributed by atoms with Crippen LogP contribution in [0.1, 0.15) is 37.3 Å². The first kappa shape index (κ1) is 27.8. The molecular weight excluding hydrogens is 526 g/mol. The number of nitrogens with one attached hydrogen (secondary N) is 1. The number of fused-ring (bicyclic) bond motifs is 4. The maximum Gasteiger partial charge on any atom is 0.172 e. The molecule has 1 N–H and O–H groups in total. The molecule has 1 fully saturated rings. The third-order valence-corrected chi connectivity index (χ3v) is 8.41. The average Bonchev–Trinajstić information content (AvgIpc) is 3.00. The molecule has 0 bridgehead atoms. The van der Waals surface area contributed by atoms with Gasteiger partial charge in [-0.3, -0.25) is 0 Å². The van der Waals surface area contributed by atoms with Crippen molar-refractivity contribution < 1.29 is 9.47 Å². The summed E-state index contributed by atoms with van der Waals surface area (Å²) in [7, 11) is 4.17. The molecule has 4 heterocycles. The van der Waals surface area contributed by atoms with Crippen LogP contribution in [0.25, 0.3) is 11.0 Å². The van der Waals surface area contributed by atoms with Crippen molar-refractivity contribution in [1.82, 2.24) is 19.9 Å². The predicted molar refractivity (Wildman–Crippen MR) is 170 cm³/mol. The van der Waals surface area contributed by atoms with Gasteiger partial charge in [0.2, 0.25) is 0 Å². The minimum Gasteiger partial charge on any atom is -0.487 e. The van der Waals surface area contributed by atoms with Crippen molar-refractivity contribution in [1.29, 1.82) is 0 Å². The molecule has 9 heteroatoms. The van der Waals surface area contributed by atoms with Gasteiger partial charge in [0.05, 0.1) is 11.6 Å². The molecule has 9 nitrogen and oxygen atoms in total. The molecule has 0 amide bonds. The Bertz CT molecular complexity index is 1620. The standard InChI is InChI=1S/C33H39N7O2/c1-7-21(3)26-16-25(10-11-28(26)39(6)8-2)42-29-12-9-23(15-22(29)4)36-32-31-27(34-20-35-32)17-30-33(37-31)40-14-13-38(5)18-24(40)19-41-30/h8-12,15-17,20-21,24H,2,7,13-14,18-19H2,1,3-6H3,(H,34,35,36). The molecule has 0 radical (unpaired) electrons. The van der Waals surface area contributed by atoms with Crippen LogP contribution in [0, 0.1) is 6.92 Å². The molecule has 6 rings (SSSR count). The number of hydrogen-bond acceptors (Lipinski definition) is 9. The minimum absolute atomic E-state index is 0.290. The van der Waals surface area contributed by atoms with Gasteiger partial charge in [0.1, 0.15) is 29.9 Å². The normalized spacial score (nSPS) is 17.2. The second-order valence-corrected chi connectivity index (χ2v) is 11.4. The molecule has 2 aromatic carbocycles. The van der Waals surface area contributed by atoms with Gasteiger partial charge in [-0.15, -0.1) is 0 Å². The Balaban J connectivity index is 1.25. The summed E-state index contributed by atoms with van der Waals surface area (Å²) in [6, 6.07) is 14.6. The molecule has 0 spiro atoms. The summed E-state index contributed by atoms with van der Waals surface area (Å²) in [6.07, 6.45) is 4.44. The minimum atomic E-state index is 0.290. The van der Waals surface area contributed by atoms with E-state index >= 15 is 0 Å². The van der Waals surface area contributed by atoms with Gasteiger partial charge < -0.3 is 29.5 Å². The number of nitrogens with zero attached hydrogens (tertiary/aromatic N) is 6. The van der Waals surface area contributed by atoms with Crippen molar-refractivity contribution in [2.45, 2.75) is 39.2 Å². The van der Waals surface area contributed by atoms with Crippen LogP contribution < -0.4 is 24.6 Å². The Labute approximate surface area is 247 Å². The van der Waals surface area contributed by atoms with Crippen molar-refractivity contribution in [2.24, 2.45) is 0 Å². The summed E-state index contributed by atoms with van der Waals surface area (Å²) in [5.41, 5.74) is 5.76. The van der Waals surface area contributed by atoms with Crippen molar-refractivity contribution in [3.05, 3.63) is 72.7 Å². The summed E-state index contributed by atoms with van der Waals surface area (Å²) in [5.74, 6) is 4.33. The number of pyridine rings is 1. The van der Waals surface area contributed by atoms with Gasteiger partial charge in [-0.05, 0) is 80.0 Å².